The predicted octanol–water partition coefficient (Wildman–Crippen LogP) is 5.06. The van der Waals surface area contributed by atoms with Gasteiger partial charge in [-0.05, 0) is 55.5 Å². The molecule has 1 aliphatic rings. The Kier molecular flexibility index (Phi) is 5.69. The first-order valence-corrected chi connectivity index (χ1v) is 10.5. The van der Waals surface area contributed by atoms with Crippen molar-refractivity contribution in [1.82, 2.24) is 15.5 Å². The molecule has 1 amide bonds. The number of benzene rings is 2. The maximum atomic E-state index is 12.7. The van der Waals surface area contributed by atoms with Gasteiger partial charge < -0.3 is 9.73 Å². The summed E-state index contributed by atoms with van der Waals surface area (Å²) in [5, 5.41) is 11.9. The molecule has 0 bridgehead atoms. The van der Waals surface area contributed by atoms with Gasteiger partial charge in [0, 0.05) is 10.6 Å². The maximum absolute atomic E-state index is 12.7. The highest BCUT2D eigenvalue weighted by molar-refractivity contribution is 8.00. The fourth-order valence-electron chi connectivity index (χ4n) is 3.39. The second-order valence-corrected chi connectivity index (χ2v) is 8.52. The first-order chi connectivity index (χ1) is 13.6. The molecule has 0 spiro atoms. The number of aryl methyl sites for hydroxylation is 1. The molecule has 1 N–H and O–H groups in total. The first kappa shape index (κ1) is 19.0. The van der Waals surface area contributed by atoms with Gasteiger partial charge in [-0.15, -0.1) is 10.2 Å². The molecule has 1 heterocycles. The third-order valence-electron chi connectivity index (χ3n) is 4.81. The number of thioether (sulfide) groups is 1. The van der Waals surface area contributed by atoms with Crippen molar-refractivity contribution < 1.29 is 9.21 Å². The molecular weight excluding hydrogens is 394 g/mol. The lowest BCUT2D eigenvalue weighted by Crippen LogP contribution is -2.35. The largest absolute Gasteiger partial charge is 0.411 e. The van der Waals surface area contributed by atoms with Gasteiger partial charge in [-0.1, -0.05) is 53.7 Å². The summed E-state index contributed by atoms with van der Waals surface area (Å²) in [6.07, 6.45) is 3.11. The normalized spacial score (nSPS) is 17.0. The summed E-state index contributed by atoms with van der Waals surface area (Å²) in [7, 11) is 0. The zero-order chi connectivity index (χ0) is 19.5. The minimum Gasteiger partial charge on any atom is -0.411 e. The van der Waals surface area contributed by atoms with E-state index in [0.29, 0.717) is 16.1 Å². The third-order valence-corrected chi connectivity index (χ3v) is 5.98. The van der Waals surface area contributed by atoms with E-state index in [0.717, 1.165) is 24.8 Å². The van der Waals surface area contributed by atoms with Crippen molar-refractivity contribution in [2.24, 2.45) is 0 Å². The number of halogens is 1. The van der Waals surface area contributed by atoms with E-state index in [1.807, 2.05) is 25.1 Å². The van der Waals surface area contributed by atoms with Crippen molar-refractivity contribution in [3.05, 3.63) is 64.7 Å². The van der Waals surface area contributed by atoms with E-state index in [2.05, 4.69) is 33.7 Å². The average Bonchev–Trinajstić information content (AvgIpc) is 3.17. The molecule has 3 aromatic rings. The minimum absolute atomic E-state index is 0.0331. The van der Waals surface area contributed by atoms with Gasteiger partial charge in [-0.25, -0.2) is 0 Å². The van der Waals surface area contributed by atoms with Gasteiger partial charge in [-0.2, -0.15) is 0 Å². The molecule has 2 aromatic carbocycles. The highest BCUT2D eigenvalue weighted by Gasteiger charge is 2.25. The molecule has 144 valence electrons. The minimum atomic E-state index is -0.346. The number of nitrogens with zero attached hydrogens (tertiary/aromatic N) is 2. The molecule has 2 atom stereocenters. The number of fused-ring (bicyclic) bond motifs is 1. The third kappa shape index (κ3) is 4.23. The molecule has 0 saturated heterocycles. The summed E-state index contributed by atoms with van der Waals surface area (Å²) >= 11 is 7.26. The van der Waals surface area contributed by atoms with E-state index in [4.69, 9.17) is 16.0 Å². The molecule has 7 heteroatoms. The van der Waals surface area contributed by atoms with Crippen LogP contribution in [0.4, 0.5) is 0 Å². The summed E-state index contributed by atoms with van der Waals surface area (Å²) in [6, 6.07) is 15.6. The van der Waals surface area contributed by atoms with Crippen LogP contribution in [0.5, 0.6) is 0 Å². The Balaban J connectivity index is 1.40. The van der Waals surface area contributed by atoms with E-state index in [-0.39, 0.29) is 17.2 Å². The second-order valence-electron chi connectivity index (χ2n) is 6.80. The molecule has 0 unspecified atom stereocenters. The summed E-state index contributed by atoms with van der Waals surface area (Å²) in [6.45, 7) is 1.85. The second kappa shape index (κ2) is 8.37. The Labute approximate surface area is 172 Å². The maximum Gasteiger partial charge on any atom is 0.277 e. The quantitative estimate of drug-likeness (QED) is 0.592. The van der Waals surface area contributed by atoms with Gasteiger partial charge in [0.2, 0.25) is 11.8 Å². The number of carbonyl (C=O) groups is 1. The van der Waals surface area contributed by atoms with Crippen LogP contribution < -0.4 is 5.32 Å². The lowest BCUT2D eigenvalue weighted by Gasteiger charge is -2.27. The SMILES string of the molecule is C[C@@H](Sc1nnc(-c2cccc(Cl)c2)o1)C(=O)N[C@H]1CCCc2ccccc21. The fourth-order valence-corrected chi connectivity index (χ4v) is 4.28. The van der Waals surface area contributed by atoms with Crippen LogP contribution >= 0.6 is 23.4 Å². The van der Waals surface area contributed by atoms with Crippen LogP contribution in [0.3, 0.4) is 0 Å². The van der Waals surface area contributed by atoms with Crippen LogP contribution in [0, 0.1) is 0 Å². The van der Waals surface area contributed by atoms with Crippen LogP contribution in [0.15, 0.2) is 58.2 Å². The van der Waals surface area contributed by atoms with E-state index >= 15 is 0 Å². The Hall–Kier alpha value is -2.31. The summed E-state index contributed by atoms with van der Waals surface area (Å²) in [5.41, 5.74) is 3.30. The number of nitrogens with one attached hydrogen (secondary N) is 1. The summed E-state index contributed by atoms with van der Waals surface area (Å²) < 4.78 is 5.69. The van der Waals surface area contributed by atoms with Gasteiger partial charge in [0.05, 0.1) is 11.3 Å². The highest BCUT2D eigenvalue weighted by Crippen LogP contribution is 2.31. The zero-order valence-corrected chi connectivity index (χ0v) is 17.0. The number of rotatable bonds is 5. The molecule has 0 radical (unpaired) electrons. The van der Waals surface area contributed by atoms with Gasteiger partial charge in [0.25, 0.3) is 5.22 Å². The number of aromatic nitrogens is 2. The molecule has 1 aliphatic carbocycles. The van der Waals surface area contributed by atoms with E-state index in [1.54, 1.807) is 12.1 Å². The molecule has 5 nitrogen and oxygen atoms in total. The van der Waals surface area contributed by atoms with Crippen LogP contribution in [0.1, 0.15) is 36.9 Å². The molecular formula is C21H20ClN3O2S. The van der Waals surface area contributed by atoms with Crippen molar-refractivity contribution in [2.75, 3.05) is 0 Å². The summed E-state index contributed by atoms with van der Waals surface area (Å²) in [4.78, 5) is 12.7. The number of amides is 1. The molecule has 0 fully saturated rings. The Morgan fingerprint density at radius 3 is 2.96 bits per heavy atom. The molecule has 4 rings (SSSR count). The average molecular weight is 414 g/mol. The first-order valence-electron chi connectivity index (χ1n) is 9.24. The molecule has 0 aliphatic heterocycles. The standard InChI is InChI=1S/C21H20ClN3O2S/c1-13(19(26)23-18-11-5-7-14-6-2-3-10-17(14)18)28-21-25-24-20(27-21)15-8-4-9-16(22)12-15/h2-4,6,8-10,12-13,18H,5,7,11H2,1H3,(H,23,26)/t13-,18+/m1/s1. The topological polar surface area (TPSA) is 68.0 Å². The van der Waals surface area contributed by atoms with Gasteiger partial charge in [0.1, 0.15) is 0 Å². The van der Waals surface area contributed by atoms with Crippen molar-refractivity contribution in [2.45, 2.75) is 42.7 Å². The van der Waals surface area contributed by atoms with E-state index in [9.17, 15) is 4.79 Å². The van der Waals surface area contributed by atoms with E-state index in [1.165, 1.54) is 22.9 Å². The van der Waals surface area contributed by atoms with Crippen molar-refractivity contribution >= 4 is 29.3 Å². The monoisotopic (exact) mass is 413 g/mol. The zero-order valence-electron chi connectivity index (χ0n) is 15.4. The van der Waals surface area contributed by atoms with Crippen LogP contribution in [0.25, 0.3) is 11.5 Å². The van der Waals surface area contributed by atoms with E-state index < -0.39 is 0 Å². The molecule has 28 heavy (non-hydrogen) atoms. The predicted molar refractivity (Wildman–Crippen MR) is 110 cm³/mol. The van der Waals surface area contributed by atoms with Gasteiger partial charge in [-0.3, -0.25) is 4.79 Å². The van der Waals surface area contributed by atoms with Crippen LogP contribution in [-0.2, 0) is 11.2 Å². The van der Waals surface area contributed by atoms with Crippen LogP contribution in [-0.4, -0.2) is 21.4 Å². The van der Waals surface area contributed by atoms with Crippen molar-refractivity contribution in [1.29, 1.82) is 0 Å². The number of hydrogen-bond acceptors (Lipinski definition) is 5. The Morgan fingerprint density at radius 1 is 1.25 bits per heavy atom. The molecule has 1 aromatic heterocycles. The Morgan fingerprint density at radius 2 is 2.11 bits per heavy atom. The smallest absolute Gasteiger partial charge is 0.277 e. The Bertz CT molecular complexity index is 991. The molecule has 0 saturated carbocycles. The number of hydrogen-bond donors (Lipinski definition) is 1. The fraction of sp³-hybridized carbons (Fsp3) is 0.286. The highest BCUT2D eigenvalue weighted by atomic mass is 35.5. The van der Waals surface area contributed by atoms with Gasteiger partial charge in [0.15, 0.2) is 0 Å². The van der Waals surface area contributed by atoms with Crippen LogP contribution in [0.2, 0.25) is 5.02 Å². The lowest BCUT2D eigenvalue weighted by molar-refractivity contribution is -0.121. The van der Waals surface area contributed by atoms with Crippen molar-refractivity contribution in [3.8, 4) is 11.5 Å². The number of carbonyl (C=O) groups excluding carboxylic acids is 1. The van der Waals surface area contributed by atoms with Gasteiger partial charge >= 0.3 is 0 Å². The van der Waals surface area contributed by atoms with Crippen molar-refractivity contribution in [3.63, 3.8) is 0 Å². The summed E-state index contributed by atoms with van der Waals surface area (Å²) in [5.74, 6) is 0.355. The lowest BCUT2D eigenvalue weighted by atomic mass is 9.88.